The lowest BCUT2D eigenvalue weighted by Crippen LogP contribution is -2.12. The van der Waals surface area contributed by atoms with Crippen LogP contribution in [0.15, 0.2) is 29.2 Å². The molecule has 96 valence electrons. The topological polar surface area (TPSA) is 120 Å². The Kier molecular flexibility index (Phi) is 3.20. The Morgan fingerprint density at radius 3 is 2.39 bits per heavy atom. The number of hydrogen-bond acceptors (Lipinski definition) is 5. The van der Waals surface area contributed by atoms with E-state index >= 15 is 0 Å². The molecule has 0 radical (unpaired) electrons. The SMILES string of the molecule is Nc1n[nH]c(=S)n1Cc1ccc(S(N)(=O)=O)cc1. The van der Waals surface area contributed by atoms with Crippen LogP contribution in [-0.4, -0.2) is 23.2 Å². The van der Waals surface area contributed by atoms with E-state index in [1.807, 2.05) is 0 Å². The van der Waals surface area contributed by atoms with E-state index < -0.39 is 10.0 Å². The van der Waals surface area contributed by atoms with Crippen LogP contribution >= 0.6 is 12.2 Å². The molecule has 2 aromatic rings. The van der Waals surface area contributed by atoms with Gasteiger partial charge in [-0.25, -0.2) is 18.7 Å². The summed E-state index contributed by atoms with van der Waals surface area (Å²) in [5, 5.41) is 11.4. The average molecular weight is 285 g/mol. The molecule has 1 aromatic carbocycles. The number of nitrogens with two attached hydrogens (primary N) is 2. The maximum atomic E-state index is 11.1. The molecule has 0 saturated carbocycles. The van der Waals surface area contributed by atoms with Crippen LogP contribution in [0, 0.1) is 4.77 Å². The standard InChI is InChI=1S/C9H11N5O2S2/c10-8-12-13-9(17)14(8)5-6-1-3-7(4-2-6)18(11,15)16/h1-4H,5H2,(H2,10,12)(H,13,17)(H2,11,15,16). The van der Waals surface area contributed by atoms with Crippen molar-refractivity contribution in [2.45, 2.75) is 11.4 Å². The van der Waals surface area contributed by atoms with Crippen molar-refractivity contribution in [3.8, 4) is 0 Å². The molecule has 2 rings (SSSR count). The van der Waals surface area contributed by atoms with E-state index in [0.29, 0.717) is 11.3 Å². The lowest BCUT2D eigenvalue weighted by atomic mass is 10.2. The summed E-state index contributed by atoms with van der Waals surface area (Å²) in [6.45, 7) is 0.409. The molecule has 0 amide bonds. The van der Waals surface area contributed by atoms with Gasteiger partial charge < -0.3 is 5.73 Å². The number of hydrogen-bond donors (Lipinski definition) is 3. The molecule has 9 heteroatoms. The Bertz CT molecular complexity index is 714. The number of anilines is 1. The van der Waals surface area contributed by atoms with Crippen LogP contribution in [0.4, 0.5) is 5.95 Å². The van der Waals surface area contributed by atoms with Gasteiger partial charge in [-0.05, 0) is 29.9 Å². The van der Waals surface area contributed by atoms with Crippen LogP contribution in [0.5, 0.6) is 0 Å². The predicted octanol–water partition coefficient (Wildman–Crippen LogP) is 0.219. The fraction of sp³-hybridized carbons (Fsp3) is 0.111. The average Bonchev–Trinajstić information content (AvgIpc) is 2.60. The quantitative estimate of drug-likeness (QED) is 0.697. The van der Waals surface area contributed by atoms with Gasteiger partial charge in [-0.3, -0.25) is 4.57 Å². The van der Waals surface area contributed by atoms with E-state index in [2.05, 4.69) is 10.2 Å². The number of aromatic nitrogens is 3. The second-order valence-electron chi connectivity index (χ2n) is 3.66. The van der Waals surface area contributed by atoms with E-state index in [-0.39, 0.29) is 10.8 Å². The summed E-state index contributed by atoms with van der Waals surface area (Å²) < 4.78 is 24.2. The van der Waals surface area contributed by atoms with Gasteiger partial charge in [-0.1, -0.05) is 12.1 Å². The Morgan fingerprint density at radius 2 is 1.94 bits per heavy atom. The third kappa shape index (κ3) is 2.58. The molecule has 0 unspecified atom stereocenters. The zero-order valence-electron chi connectivity index (χ0n) is 9.20. The van der Waals surface area contributed by atoms with Gasteiger partial charge in [0.05, 0.1) is 11.4 Å². The number of sulfonamides is 1. The molecular weight excluding hydrogens is 274 g/mol. The van der Waals surface area contributed by atoms with Crippen molar-refractivity contribution in [1.82, 2.24) is 14.8 Å². The monoisotopic (exact) mass is 285 g/mol. The minimum absolute atomic E-state index is 0.0648. The zero-order valence-corrected chi connectivity index (χ0v) is 10.8. The van der Waals surface area contributed by atoms with E-state index in [1.54, 1.807) is 16.7 Å². The molecule has 0 aliphatic rings. The van der Waals surface area contributed by atoms with Gasteiger partial charge in [0.2, 0.25) is 16.0 Å². The van der Waals surface area contributed by atoms with E-state index in [0.717, 1.165) is 5.56 Å². The summed E-state index contributed by atoms with van der Waals surface area (Å²) in [5.41, 5.74) is 6.47. The molecule has 5 N–H and O–H groups in total. The van der Waals surface area contributed by atoms with Crippen molar-refractivity contribution in [2.24, 2.45) is 5.14 Å². The Balaban J connectivity index is 2.30. The van der Waals surface area contributed by atoms with Crippen molar-refractivity contribution < 1.29 is 8.42 Å². The minimum atomic E-state index is -3.67. The Morgan fingerprint density at radius 1 is 1.33 bits per heavy atom. The Hall–Kier alpha value is -1.71. The normalized spacial score (nSPS) is 11.6. The van der Waals surface area contributed by atoms with Gasteiger partial charge in [0.1, 0.15) is 0 Å². The summed E-state index contributed by atoms with van der Waals surface area (Å²) in [5.74, 6) is 0.274. The van der Waals surface area contributed by atoms with Gasteiger partial charge in [-0.2, -0.15) is 0 Å². The highest BCUT2D eigenvalue weighted by Crippen LogP contribution is 2.11. The molecule has 0 aliphatic carbocycles. The van der Waals surface area contributed by atoms with Crippen LogP contribution in [0.3, 0.4) is 0 Å². The number of benzene rings is 1. The highest BCUT2D eigenvalue weighted by Gasteiger charge is 2.08. The van der Waals surface area contributed by atoms with Crippen molar-refractivity contribution >= 4 is 28.2 Å². The van der Waals surface area contributed by atoms with E-state index in [4.69, 9.17) is 23.1 Å². The second-order valence-corrected chi connectivity index (χ2v) is 5.61. The third-order valence-electron chi connectivity index (χ3n) is 2.38. The molecule has 1 heterocycles. The molecular formula is C9H11N5O2S2. The fourth-order valence-electron chi connectivity index (χ4n) is 1.45. The molecule has 0 bridgehead atoms. The van der Waals surface area contributed by atoms with Crippen LogP contribution in [-0.2, 0) is 16.6 Å². The molecule has 0 saturated heterocycles. The minimum Gasteiger partial charge on any atom is -0.368 e. The van der Waals surface area contributed by atoms with Gasteiger partial charge in [0, 0.05) is 0 Å². The summed E-state index contributed by atoms with van der Waals surface area (Å²) >= 11 is 5.01. The molecule has 0 aliphatic heterocycles. The number of primary sulfonamides is 1. The highest BCUT2D eigenvalue weighted by atomic mass is 32.2. The summed E-state index contributed by atoms with van der Waals surface area (Å²) in [4.78, 5) is 0.0648. The second kappa shape index (κ2) is 4.52. The largest absolute Gasteiger partial charge is 0.368 e. The van der Waals surface area contributed by atoms with Gasteiger partial charge >= 0.3 is 0 Å². The smallest absolute Gasteiger partial charge is 0.238 e. The first-order valence-electron chi connectivity index (χ1n) is 4.90. The first-order chi connectivity index (χ1) is 8.38. The van der Waals surface area contributed by atoms with Crippen LogP contribution in [0.2, 0.25) is 0 Å². The van der Waals surface area contributed by atoms with Crippen molar-refractivity contribution in [1.29, 1.82) is 0 Å². The molecule has 7 nitrogen and oxygen atoms in total. The summed E-state index contributed by atoms with van der Waals surface area (Å²) in [6, 6.07) is 6.16. The predicted molar refractivity (Wildman–Crippen MR) is 68.7 cm³/mol. The number of rotatable bonds is 3. The lowest BCUT2D eigenvalue weighted by Gasteiger charge is -2.05. The molecule has 1 aromatic heterocycles. The van der Waals surface area contributed by atoms with Crippen molar-refractivity contribution in [3.63, 3.8) is 0 Å². The van der Waals surface area contributed by atoms with Gasteiger partial charge in [0.15, 0.2) is 4.77 Å². The zero-order chi connectivity index (χ0) is 13.3. The van der Waals surface area contributed by atoms with Crippen molar-refractivity contribution in [2.75, 3.05) is 5.73 Å². The highest BCUT2D eigenvalue weighted by molar-refractivity contribution is 7.89. The third-order valence-corrected chi connectivity index (χ3v) is 3.62. The first kappa shape index (κ1) is 12.7. The van der Waals surface area contributed by atoms with E-state index in [9.17, 15) is 8.42 Å². The van der Waals surface area contributed by atoms with Gasteiger partial charge in [0.25, 0.3) is 0 Å². The Labute approximate surface area is 108 Å². The van der Waals surface area contributed by atoms with E-state index in [1.165, 1.54) is 12.1 Å². The number of H-pyrrole nitrogens is 1. The van der Waals surface area contributed by atoms with Crippen LogP contribution in [0.1, 0.15) is 5.56 Å². The maximum absolute atomic E-state index is 11.1. The number of nitrogen functional groups attached to an aromatic ring is 1. The molecule has 0 fully saturated rings. The number of aromatic amines is 1. The lowest BCUT2D eigenvalue weighted by molar-refractivity contribution is 0.597. The number of nitrogens with zero attached hydrogens (tertiary/aromatic N) is 2. The van der Waals surface area contributed by atoms with Gasteiger partial charge in [-0.15, -0.1) is 5.10 Å². The van der Waals surface area contributed by atoms with Crippen LogP contribution in [0.25, 0.3) is 0 Å². The first-order valence-corrected chi connectivity index (χ1v) is 6.86. The maximum Gasteiger partial charge on any atom is 0.238 e. The summed E-state index contributed by atoms with van der Waals surface area (Å²) in [7, 11) is -3.67. The van der Waals surface area contributed by atoms with Crippen molar-refractivity contribution in [3.05, 3.63) is 34.6 Å². The van der Waals surface area contributed by atoms with Crippen LogP contribution < -0.4 is 10.9 Å². The molecule has 0 spiro atoms. The molecule has 0 atom stereocenters. The molecule has 18 heavy (non-hydrogen) atoms. The fourth-order valence-corrected chi connectivity index (χ4v) is 2.17. The summed E-state index contributed by atoms with van der Waals surface area (Å²) in [6.07, 6.45) is 0. The number of nitrogens with one attached hydrogen (secondary N) is 1.